The highest BCUT2D eigenvalue weighted by molar-refractivity contribution is 5.79. The minimum atomic E-state index is 0.319. The zero-order chi connectivity index (χ0) is 12.5. The summed E-state index contributed by atoms with van der Waals surface area (Å²) in [6.07, 6.45) is 10.8. The molecule has 1 heterocycles. The molecule has 2 nitrogen and oxygen atoms in total. The molecule has 1 fully saturated rings. The number of hydrogen-bond donors (Lipinski definition) is 0. The van der Waals surface area contributed by atoms with Crippen LogP contribution in [0.3, 0.4) is 0 Å². The molecule has 1 aliphatic heterocycles. The molecular weight excluding hydrogens is 210 g/mol. The summed E-state index contributed by atoms with van der Waals surface area (Å²) < 4.78 is 0. The zero-order valence-electron chi connectivity index (χ0n) is 11.7. The van der Waals surface area contributed by atoms with Crippen molar-refractivity contribution in [1.29, 1.82) is 0 Å². The van der Waals surface area contributed by atoms with Crippen molar-refractivity contribution in [3.63, 3.8) is 0 Å². The maximum Gasteiger partial charge on any atom is 0.225 e. The van der Waals surface area contributed by atoms with Crippen molar-refractivity contribution >= 4 is 5.91 Å². The van der Waals surface area contributed by atoms with E-state index in [0.717, 1.165) is 25.9 Å². The van der Waals surface area contributed by atoms with Gasteiger partial charge in [-0.2, -0.15) is 0 Å². The predicted octanol–water partition coefficient (Wildman–Crippen LogP) is 4.00. The first-order valence-corrected chi connectivity index (χ1v) is 7.58. The number of nitrogens with zero attached hydrogens (tertiary/aromatic N) is 1. The third-order valence-corrected chi connectivity index (χ3v) is 3.83. The standard InChI is InChI=1S/C15H29NO/c1-3-5-7-11-14(10-6-4-2)15(17)16-12-8-9-13-16/h14H,3-13H2,1-2H3. The molecule has 17 heavy (non-hydrogen) atoms. The van der Waals surface area contributed by atoms with Gasteiger partial charge in [-0.05, 0) is 25.7 Å². The van der Waals surface area contributed by atoms with Crippen LogP contribution in [-0.2, 0) is 4.79 Å². The Labute approximate surface area is 107 Å². The first-order chi connectivity index (χ1) is 8.29. The van der Waals surface area contributed by atoms with Crippen LogP contribution < -0.4 is 0 Å². The van der Waals surface area contributed by atoms with E-state index in [4.69, 9.17) is 0 Å². The summed E-state index contributed by atoms with van der Waals surface area (Å²) >= 11 is 0. The molecule has 0 aromatic carbocycles. The van der Waals surface area contributed by atoms with Gasteiger partial charge in [-0.1, -0.05) is 46.0 Å². The Morgan fingerprint density at radius 2 is 1.59 bits per heavy atom. The van der Waals surface area contributed by atoms with Gasteiger partial charge in [-0.25, -0.2) is 0 Å². The van der Waals surface area contributed by atoms with Gasteiger partial charge in [-0.3, -0.25) is 4.79 Å². The maximum atomic E-state index is 12.4. The van der Waals surface area contributed by atoms with E-state index in [2.05, 4.69) is 18.7 Å². The van der Waals surface area contributed by atoms with Crippen LogP contribution in [0.5, 0.6) is 0 Å². The molecule has 1 saturated heterocycles. The third kappa shape index (κ3) is 5.10. The molecule has 1 atom stereocenters. The van der Waals surface area contributed by atoms with Gasteiger partial charge in [-0.15, -0.1) is 0 Å². The van der Waals surface area contributed by atoms with Crippen LogP contribution in [0.15, 0.2) is 0 Å². The number of carbonyl (C=O) groups excluding carboxylic acids is 1. The summed E-state index contributed by atoms with van der Waals surface area (Å²) in [6, 6.07) is 0. The van der Waals surface area contributed by atoms with Crippen LogP contribution in [-0.4, -0.2) is 23.9 Å². The summed E-state index contributed by atoms with van der Waals surface area (Å²) in [7, 11) is 0. The molecule has 1 amide bonds. The Balaban J connectivity index is 2.39. The molecule has 2 heteroatoms. The van der Waals surface area contributed by atoms with Crippen LogP contribution in [0.25, 0.3) is 0 Å². The van der Waals surface area contributed by atoms with Crippen LogP contribution in [0, 0.1) is 5.92 Å². The van der Waals surface area contributed by atoms with Gasteiger partial charge < -0.3 is 4.90 Å². The van der Waals surface area contributed by atoms with E-state index >= 15 is 0 Å². The van der Waals surface area contributed by atoms with E-state index in [-0.39, 0.29) is 0 Å². The van der Waals surface area contributed by atoms with Crippen molar-refractivity contribution in [2.75, 3.05) is 13.1 Å². The summed E-state index contributed by atoms with van der Waals surface area (Å²) in [6.45, 7) is 6.46. The average Bonchev–Trinajstić information content (AvgIpc) is 2.86. The smallest absolute Gasteiger partial charge is 0.225 e. The number of amides is 1. The number of rotatable bonds is 8. The van der Waals surface area contributed by atoms with E-state index in [9.17, 15) is 4.79 Å². The molecule has 0 saturated carbocycles. The minimum Gasteiger partial charge on any atom is -0.342 e. The summed E-state index contributed by atoms with van der Waals surface area (Å²) in [5, 5.41) is 0. The Hall–Kier alpha value is -0.530. The van der Waals surface area contributed by atoms with Crippen molar-refractivity contribution in [2.45, 2.75) is 71.6 Å². The van der Waals surface area contributed by atoms with E-state index in [1.807, 2.05) is 0 Å². The number of hydrogen-bond acceptors (Lipinski definition) is 1. The van der Waals surface area contributed by atoms with Gasteiger partial charge in [0.25, 0.3) is 0 Å². The third-order valence-electron chi connectivity index (χ3n) is 3.83. The first-order valence-electron chi connectivity index (χ1n) is 7.58. The molecule has 0 spiro atoms. The molecule has 0 radical (unpaired) electrons. The summed E-state index contributed by atoms with van der Waals surface area (Å²) in [5.41, 5.74) is 0. The van der Waals surface area contributed by atoms with Gasteiger partial charge in [0.05, 0.1) is 0 Å². The van der Waals surface area contributed by atoms with Crippen LogP contribution in [0.2, 0.25) is 0 Å². The number of carbonyl (C=O) groups is 1. The van der Waals surface area contributed by atoms with Crippen LogP contribution in [0.4, 0.5) is 0 Å². The second kappa shape index (κ2) is 8.54. The molecule has 0 N–H and O–H groups in total. The fourth-order valence-electron chi connectivity index (χ4n) is 2.68. The van der Waals surface area contributed by atoms with Crippen LogP contribution >= 0.6 is 0 Å². The minimum absolute atomic E-state index is 0.319. The molecule has 1 unspecified atom stereocenters. The lowest BCUT2D eigenvalue weighted by Crippen LogP contribution is -2.33. The molecule has 1 rings (SSSR count). The molecule has 100 valence electrons. The maximum absolute atomic E-state index is 12.4. The second-order valence-corrected chi connectivity index (χ2v) is 5.37. The second-order valence-electron chi connectivity index (χ2n) is 5.37. The molecular formula is C15H29NO. The Morgan fingerprint density at radius 1 is 1.00 bits per heavy atom. The lowest BCUT2D eigenvalue weighted by Gasteiger charge is -2.23. The van der Waals surface area contributed by atoms with Gasteiger partial charge in [0, 0.05) is 19.0 Å². The summed E-state index contributed by atoms with van der Waals surface area (Å²) in [5.74, 6) is 0.770. The fraction of sp³-hybridized carbons (Fsp3) is 0.933. The molecule has 0 bridgehead atoms. The number of likely N-dealkylation sites (tertiary alicyclic amines) is 1. The van der Waals surface area contributed by atoms with Crippen molar-refractivity contribution in [3.8, 4) is 0 Å². The normalized spacial score (nSPS) is 17.4. The van der Waals surface area contributed by atoms with E-state index in [1.54, 1.807) is 0 Å². The van der Waals surface area contributed by atoms with Crippen molar-refractivity contribution in [2.24, 2.45) is 5.92 Å². The highest BCUT2D eigenvalue weighted by atomic mass is 16.2. The lowest BCUT2D eigenvalue weighted by atomic mass is 9.94. The van der Waals surface area contributed by atoms with Crippen LogP contribution in [0.1, 0.15) is 71.6 Å². The molecule has 0 aromatic rings. The van der Waals surface area contributed by atoms with Crippen molar-refractivity contribution < 1.29 is 4.79 Å². The zero-order valence-corrected chi connectivity index (χ0v) is 11.7. The predicted molar refractivity (Wildman–Crippen MR) is 73.0 cm³/mol. The molecule has 0 aromatic heterocycles. The first kappa shape index (κ1) is 14.5. The van der Waals surface area contributed by atoms with E-state index in [1.165, 1.54) is 44.9 Å². The monoisotopic (exact) mass is 239 g/mol. The highest BCUT2D eigenvalue weighted by Crippen LogP contribution is 2.21. The number of unbranched alkanes of at least 4 members (excludes halogenated alkanes) is 3. The Kier molecular flexibility index (Phi) is 7.30. The lowest BCUT2D eigenvalue weighted by molar-refractivity contribution is -0.135. The topological polar surface area (TPSA) is 20.3 Å². The average molecular weight is 239 g/mol. The van der Waals surface area contributed by atoms with Gasteiger partial charge in [0.1, 0.15) is 0 Å². The largest absolute Gasteiger partial charge is 0.342 e. The van der Waals surface area contributed by atoms with Gasteiger partial charge in [0.15, 0.2) is 0 Å². The summed E-state index contributed by atoms with van der Waals surface area (Å²) in [4.78, 5) is 14.5. The molecule has 0 aliphatic carbocycles. The van der Waals surface area contributed by atoms with Crippen molar-refractivity contribution in [1.82, 2.24) is 4.90 Å². The fourth-order valence-corrected chi connectivity index (χ4v) is 2.68. The van der Waals surface area contributed by atoms with Crippen molar-refractivity contribution in [3.05, 3.63) is 0 Å². The quantitative estimate of drug-likeness (QED) is 0.586. The van der Waals surface area contributed by atoms with E-state index in [0.29, 0.717) is 11.8 Å². The Morgan fingerprint density at radius 3 is 2.18 bits per heavy atom. The van der Waals surface area contributed by atoms with Gasteiger partial charge in [0.2, 0.25) is 5.91 Å². The molecule has 1 aliphatic rings. The SMILES string of the molecule is CCCCCC(CCCC)C(=O)N1CCCC1. The van der Waals surface area contributed by atoms with E-state index < -0.39 is 0 Å². The Bertz CT molecular complexity index is 209. The highest BCUT2D eigenvalue weighted by Gasteiger charge is 2.25. The van der Waals surface area contributed by atoms with Gasteiger partial charge >= 0.3 is 0 Å².